The summed E-state index contributed by atoms with van der Waals surface area (Å²) in [7, 11) is 1.59. The van der Waals surface area contributed by atoms with Crippen molar-refractivity contribution in [1.82, 2.24) is 0 Å². The molecule has 1 saturated heterocycles. The van der Waals surface area contributed by atoms with Gasteiger partial charge in [-0.3, -0.25) is 4.79 Å². The highest BCUT2D eigenvalue weighted by Crippen LogP contribution is 2.40. The molecule has 0 unspecified atom stereocenters. The number of rotatable bonds is 5. The van der Waals surface area contributed by atoms with Gasteiger partial charge in [0.25, 0.3) is 0 Å². The van der Waals surface area contributed by atoms with E-state index in [0.717, 1.165) is 37.6 Å². The second-order valence-corrected chi connectivity index (χ2v) is 6.59. The van der Waals surface area contributed by atoms with Crippen molar-refractivity contribution in [2.24, 2.45) is 0 Å². The normalized spacial score (nSPS) is 16.2. The fourth-order valence-electron chi connectivity index (χ4n) is 3.32. The van der Waals surface area contributed by atoms with Crippen LogP contribution in [0.3, 0.4) is 0 Å². The first-order valence-electron chi connectivity index (χ1n) is 9.37. The predicted molar refractivity (Wildman–Crippen MR) is 107 cm³/mol. The maximum absolute atomic E-state index is 12.5. The van der Waals surface area contributed by atoms with Crippen LogP contribution < -0.4 is 19.1 Å². The molecule has 2 aromatic rings. The fourth-order valence-corrected chi connectivity index (χ4v) is 3.32. The van der Waals surface area contributed by atoms with E-state index in [9.17, 15) is 4.79 Å². The quantitative estimate of drug-likeness (QED) is 0.586. The summed E-state index contributed by atoms with van der Waals surface area (Å²) in [6, 6.07) is 11.4. The van der Waals surface area contributed by atoms with Gasteiger partial charge >= 0.3 is 0 Å². The molecule has 2 aliphatic rings. The number of carbonyl (C=O) groups excluding carboxylic acids is 1. The van der Waals surface area contributed by atoms with Gasteiger partial charge in [0.2, 0.25) is 5.75 Å². The van der Waals surface area contributed by atoms with Crippen LogP contribution in [0.2, 0.25) is 0 Å². The zero-order chi connectivity index (χ0) is 19.3. The average molecular weight is 381 g/mol. The molecular weight excluding hydrogens is 358 g/mol. The van der Waals surface area contributed by atoms with Crippen molar-refractivity contribution in [1.29, 1.82) is 0 Å². The third-order valence-corrected chi connectivity index (χ3v) is 4.81. The van der Waals surface area contributed by atoms with E-state index in [1.165, 1.54) is 0 Å². The molecule has 146 valence electrons. The van der Waals surface area contributed by atoms with Crippen molar-refractivity contribution < 1.29 is 23.7 Å². The Bertz CT molecular complexity index is 852. The standard InChI is InChI=1S/C22H23NO5/c1-25-20-14-16(15-21-22(20)28-13-12-27-21)2-7-19(24)17-3-5-18(6-4-17)23-8-10-26-11-9-23/h2-7,14-15H,8-13H2,1H3/b7-2+. The maximum Gasteiger partial charge on any atom is 0.203 e. The van der Waals surface area contributed by atoms with Crippen LogP contribution >= 0.6 is 0 Å². The largest absolute Gasteiger partial charge is 0.493 e. The van der Waals surface area contributed by atoms with Gasteiger partial charge in [0, 0.05) is 24.3 Å². The number of ketones is 1. The van der Waals surface area contributed by atoms with Gasteiger partial charge < -0.3 is 23.8 Å². The third kappa shape index (κ3) is 3.97. The van der Waals surface area contributed by atoms with Gasteiger partial charge in [-0.15, -0.1) is 0 Å². The number of benzene rings is 2. The summed E-state index contributed by atoms with van der Waals surface area (Å²) >= 11 is 0. The molecule has 2 aromatic carbocycles. The van der Waals surface area contributed by atoms with Crippen molar-refractivity contribution in [3.05, 3.63) is 53.6 Å². The Morgan fingerprint density at radius 1 is 1.04 bits per heavy atom. The monoisotopic (exact) mass is 381 g/mol. The molecule has 6 nitrogen and oxygen atoms in total. The third-order valence-electron chi connectivity index (χ3n) is 4.81. The van der Waals surface area contributed by atoms with Crippen molar-refractivity contribution >= 4 is 17.5 Å². The summed E-state index contributed by atoms with van der Waals surface area (Å²) in [6.45, 7) is 4.22. The SMILES string of the molecule is COc1cc(/C=C/C(=O)c2ccc(N3CCOCC3)cc2)cc2c1OCCO2. The lowest BCUT2D eigenvalue weighted by atomic mass is 10.1. The van der Waals surface area contributed by atoms with Crippen LogP contribution in [0.1, 0.15) is 15.9 Å². The average Bonchev–Trinajstić information content (AvgIpc) is 2.77. The minimum Gasteiger partial charge on any atom is -0.493 e. The van der Waals surface area contributed by atoms with E-state index in [1.54, 1.807) is 19.3 Å². The van der Waals surface area contributed by atoms with Crippen molar-refractivity contribution in [2.75, 3.05) is 51.5 Å². The minimum absolute atomic E-state index is 0.0533. The Morgan fingerprint density at radius 2 is 1.79 bits per heavy atom. The second kappa shape index (κ2) is 8.35. The molecule has 0 N–H and O–H groups in total. The van der Waals surface area contributed by atoms with Crippen molar-refractivity contribution in [3.63, 3.8) is 0 Å². The number of carbonyl (C=O) groups is 1. The van der Waals surface area contributed by atoms with Gasteiger partial charge in [0.1, 0.15) is 13.2 Å². The lowest BCUT2D eigenvalue weighted by Gasteiger charge is -2.28. The topological polar surface area (TPSA) is 57.2 Å². The van der Waals surface area contributed by atoms with E-state index in [-0.39, 0.29) is 5.78 Å². The second-order valence-electron chi connectivity index (χ2n) is 6.59. The van der Waals surface area contributed by atoms with Crippen LogP contribution in [0, 0.1) is 0 Å². The number of hydrogen-bond acceptors (Lipinski definition) is 6. The molecule has 0 bridgehead atoms. The van der Waals surface area contributed by atoms with E-state index in [0.29, 0.717) is 36.0 Å². The number of nitrogens with zero attached hydrogens (tertiary/aromatic N) is 1. The van der Waals surface area contributed by atoms with E-state index >= 15 is 0 Å². The van der Waals surface area contributed by atoms with E-state index < -0.39 is 0 Å². The van der Waals surface area contributed by atoms with Crippen LogP contribution in [0.15, 0.2) is 42.5 Å². The number of morpholine rings is 1. The Labute approximate surface area is 164 Å². The molecule has 2 aliphatic heterocycles. The summed E-state index contributed by atoms with van der Waals surface area (Å²) in [5, 5.41) is 0. The molecule has 0 spiro atoms. The van der Waals surface area contributed by atoms with Crippen molar-refractivity contribution in [2.45, 2.75) is 0 Å². The first-order chi connectivity index (χ1) is 13.7. The fraction of sp³-hybridized carbons (Fsp3) is 0.318. The lowest BCUT2D eigenvalue weighted by Crippen LogP contribution is -2.36. The molecule has 0 saturated carbocycles. The molecule has 2 heterocycles. The Morgan fingerprint density at radius 3 is 2.54 bits per heavy atom. The molecule has 1 fully saturated rings. The Balaban J connectivity index is 1.48. The van der Waals surface area contributed by atoms with E-state index in [4.69, 9.17) is 18.9 Å². The van der Waals surface area contributed by atoms with Crippen LogP contribution in [-0.2, 0) is 4.74 Å². The van der Waals surface area contributed by atoms with Crippen LogP contribution in [0.4, 0.5) is 5.69 Å². The molecule has 28 heavy (non-hydrogen) atoms. The van der Waals surface area contributed by atoms with Crippen LogP contribution in [0.25, 0.3) is 6.08 Å². The molecule has 4 rings (SSSR count). The highest BCUT2D eigenvalue weighted by Gasteiger charge is 2.18. The zero-order valence-electron chi connectivity index (χ0n) is 15.8. The highest BCUT2D eigenvalue weighted by atomic mass is 16.6. The van der Waals surface area contributed by atoms with Crippen molar-refractivity contribution in [3.8, 4) is 17.2 Å². The molecule has 6 heteroatoms. The number of methoxy groups -OCH3 is 1. The summed E-state index contributed by atoms with van der Waals surface area (Å²) < 4.78 is 22.0. The first kappa shape index (κ1) is 18.4. The minimum atomic E-state index is -0.0533. The number of fused-ring (bicyclic) bond motifs is 1. The van der Waals surface area contributed by atoms with Crippen LogP contribution in [-0.4, -0.2) is 52.4 Å². The summed E-state index contributed by atoms with van der Waals surface area (Å²) in [6.07, 6.45) is 3.33. The maximum atomic E-state index is 12.5. The molecule has 0 aromatic heterocycles. The first-order valence-corrected chi connectivity index (χ1v) is 9.37. The Hall–Kier alpha value is -2.99. The number of allylic oxidation sites excluding steroid dienone is 1. The highest BCUT2D eigenvalue weighted by molar-refractivity contribution is 6.07. The lowest BCUT2D eigenvalue weighted by molar-refractivity contribution is 0.104. The predicted octanol–water partition coefficient (Wildman–Crippen LogP) is 3.20. The zero-order valence-corrected chi connectivity index (χ0v) is 15.8. The van der Waals surface area contributed by atoms with Gasteiger partial charge in [0.05, 0.1) is 20.3 Å². The van der Waals surface area contributed by atoms with Gasteiger partial charge in [-0.2, -0.15) is 0 Å². The number of ether oxygens (including phenoxy) is 4. The van der Waals surface area contributed by atoms with Crippen LogP contribution in [0.5, 0.6) is 17.2 Å². The number of hydrogen-bond donors (Lipinski definition) is 0. The van der Waals surface area contributed by atoms with Gasteiger partial charge in [-0.05, 0) is 48.0 Å². The van der Waals surface area contributed by atoms with Gasteiger partial charge in [-0.25, -0.2) is 0 Å². The molecule has 0 amide bonds. The van der Waals surface area contributed by atoms with E-state index in [2.05, 4.69) is 4.90 Å². The molecular formula is C22H23NO5. The molecule has 0 aliphatic carbocycles. The number of anilines is 1. The molecule has 0 atom stereocenters. The Kier molecular flexibility index (Phi) is 5.48. The smallest absolute Gasteiger partial charge is 0.203 e. The summed E-state index contributed by atoms with van der Waals surface area (Å²) in [5.41, 5.74) is 2.58. The molecule has 0 radical (unpaired) electrons. The summed E-state index contributed by atoms with van der Waals surface area (Å²) in [5.74, 6) is 1.78. The van der Waals surface area contributed by atoms with E-state index in [1.807, 2.05) is 36.4 Å². The van der Waals surface area contributed by atoms with Gasteiger partial charge in [0.15, 0.2) is 17.3 Å². The summed E-state index contributed by atoms with van der Waals surface area (Å²) in [4.78, 5) is 14.8. The van der Waals surface area contributed by atoms with Gasteiger partial charge in [-0.1, -0.05) is 6.08 Å².